The summed E-state index contributed by atoms with van der Waals surface area (Å²) in [5, 5.41) is 15.0. The SMILES string of the molecule is CC(C)(C)c1nnc(NC(=O)CN2CCC3(CCC2=O)NC(=O)c2ccccc2O3)s1. The molecular weight excluding hydrogens is 418 g/mol. The van der Waals surface area contributed by atoms with Gasteiger partial charge in [-0.3, -0.25) is 19.7 Å². The molecule has 10 heteroatoms. The number of carbonyl (C=O) groups is 3. The first kappa shape index (κ1) is 21.2. The molecule has 1 unspecified atom stereocenters. The Hall–Kier alpha value is -3.01. The monoisotopic (exact) mass is 443 g/mol. The number of rotatable bonds is 3. The van der Waals surface area contributed by atoms with E-state index in [2.05, 4.69) is 20.8 Å². The third-order valence-electron chi connectivity index (χ3n) is 5.31. The van der Waals surface area contributed by atoms with Crippen molar-refractivity contribution in [1.29, 1.82) is 0 Å². The number of likely N-dealkylation sites (tertiary alicyclic amines) is 1. The van der Waals surface area contributed by atoms with Gasteiger partial charge in [0.25, 0.3) is 5.91 Å². The maximum atomic E-state index is 12.6. The van der Waals surface area contributed by atoms with E-state index in [1.807, 2.05) is 26.8 Å². The molecule has 31 heavy (non-hydrogen) atoms. The minimum atomic E-state index is -0.951. The van der Waals surface area contributed by atoms with Gasteiger partial charge in [-0.25, -0.2) is 0 Å². The number of hydrogen-bond donors (Lipinski definition) is 2. The molecule has 1 aromatic carbocycles. The lowest BCUT2D eigenvalue weighted by atomic mass is 9.98. The maximum Gasteiger partial charge on any atom is 0.258 e. The fraction of sp³-hybridized carbons (Fsp3) is 0.476. The second-order valence-corrected chi connectivity index (χ2v) is 9.80. The summed E-state index contributed by atoms with van der Waals surface area (Å²) in [6.45, 7) is 6.27. The molecule has 3 heterocycles. The fourth-order valence-electron chi connectivity index (χ4n) is 3.59. The Morgan fingerprint density at radius 3 is 2.77 bits per heavy atom. The van der Waals surface area contributed by atoms with Crippen LogP contribution in [0.4, 0.5) is 5.13 Å². The van der Waals surface area contributed by atoms with Crippen molar-refractivity contribution in [3.8, 4) is 5.75 Å². The molecule has 2 aromatic rings. The first-order valence-corrected chi connectivity index (χ1v) is 11.0. The molecule has 1 aromatic heterocycles. The number of ether oxygens (including phenoxy) is 1. The third kappa shape index (κ3) is 4.53. The predicted octanol–water partition coefficient (Wildman–Crippen LogP) is 2.31. The van der Waals surface area contributed by atoms with Crippen LogP contribution in [0.2, 0.25) is 0 Å². The van der Waals surface area contributed by atoms with Crippen molar-refractivity contribution in [2.24, 2.45) is 0 Å². The number of amides is 3. The van der Waals surface area contributed by atoms with Crippen molar-refractivity contribution in [3.63, 3.8) is 0 Å². The highest BCUT2D eigenvalue weighted by atomic mass is 32.1. The zero-order valence-corrected chi connectivity index (χ0v) is 18.5. The topological polar surface area (TPSA) is 114 Å². The first-order valence-electron chi connectivity index (χ1n) is 10.2. The molecule has 2 N–H and O–H groups in total. The zero-order valence-electron chi connectivity index (χ0n) is 17.7. The van der Waals surface area contributed by atoms with Crippen LogP contribution in [0.3, 0.4) is 0 Å². The summed E-state index contributed by atoms with van der Waals surface area (Å²) >= 11 is 1.32. The van der Waals surface area contributed by atoms with Gasteiger partial charge in [-0.1, -0.05) is 44.2 Å². The highest BCUT2D eigenvalue weighted by Crippen LogP contribution is 2.33. The molecule has 1 spiro atoms. The number of hydrogen-bond acceptors (Lipinski definition) is 7. The summed E-state index contributed by atoms with van der Waals surface area (Å²) in [7, 11) is 0. The van der Waals surface area contributed by atoms with Crippen LogP contribution in [0.15, 0.2) is 24.3 Å². The largest absolute Gasteiger partial charge is 0.467 e. The van der Waals surface area contributed by atoms with Crippen LogP contribution in [-0.2, 0) is 15.0 Å². The molecule has 9 nitrogen and oxygen atoms in total. The Morgan fingerprint density at radius 1 is 1.26 bits per heavy atom. The Bertz CT molecular complexity index is 1030. The zero-order chi connectivity index (χ0) is 22.2. The van der Waals surface area contributed by atoms with Crippen LogP contribution in [0, 0.1) is 0 Å². The molecule has 0 bridgehead atoms. The molecule has 1 saturated heterocycles. The normalized spacial score (nSPS) is 21.2. The number of carbonyl (C=O) groups excluding carboxylic acids is 3. The number of para-hydroxylation sites is 1. The van der Waals surface area contributed by atoms with Gasteiger partial charge in [0.05, 0.1) is 12.1 Å². The number of anilines is 1. The Kier molecular flexibility index (Phi) is 5.42. The van der Waals surface area contributed by atoms with E-state index < -0.39 is 5.72 Å². The summed E-state index contributed by atoms with van der Waals surface area (Å²) in [5.74, 6) is -0.196. The van der Waals surface area contributed by atoms with Gasteiger partial charge in [0.1, 0.15) is 10.8 Å². The van der Waals surface area contributed by atoms with E-state index >= 15 is 0 Å². The van der Waals surface area contributed by atoms with Gasteiger partial charge in [0.15, 0.2) is 5.72 Å². The minimum absolute atomic E-state index is 0.0934. The molecule has 1 atom stereocenters. The standard InChI is InChI=1S/C21H25N5O4S/c1-20(2,3)18-24-25-19(31-18)22-15(27)12-26-11-10-21(9-8-16(26)28)23-17(29)13-6-4-5-7-14(13)30-21/h4-7H,8-12H2,1-3H3,(H,23,29)(H,22,25,27). The summed E-state index contributed by atoms with van der Waals surface area (Å²) in [5.41, 5.74) is -0.627. The number of nitrogens with one attached hydrogen (secondary N) is 2. The summed E-state index contributed by atoms with van der Waals surface area (Å²) in [6, 6.07) is 7.04. The smallest absolute Gasteiger partial charge is 0.258 e. The molecule has 2 aliphatic rings. The molecule has 164 valence electrons. The lowest BCUT2D eigenvalue weighted by molar-refractivity contribution is -0.134. The van der Waals surface area contributed by atoms with Crippen molar-refractivity contribution in [3.05, 3.63) is 34.8 Å². The van der Waals surface area contributed by atoms with E-state index in [1.54, 1.807) is 18.2 Å². The van der Waals surface area contributed by atoms with E-state index in [9.17, 15) is 14.4 Å². The third-order valence-corrected chi connectivity index (χ3v) is 6.57. The molecule has 0 radical (unpaired) electrons. The van der Waals surface area contributed by atoms with Crippen molar-refractivity contribution in [1.82, 2.24) is 20.4 Å². The van der Waals surface area contributed by atoms with Crippen molar-refractivity contribution >= 4 is 34.2 Å². The van der Waals surface area contributed by atoms with Crippen LogP contribution in [0.5, 0.6) is 5.75 Å². The second-order valence-electron chi connectivity index (χ2n) is 8.82. The van der Waals surface area contributed by atoms with Gasteiger partial charge in [-0.15, -0.1) is 10.2 Å². The first-order chi connectivity index (χ1) is 14.7. The second kappa shape index (κ2) is 7.92. The van der Waals surface area contributed by atoms with Crippen molar-refractivity contribution in [2.45, 2.75) is 51.2 Å². The summed E-state index contributed by atoms with van der Waals surface area (Å²) in [6.07, 6.45) is 0.900. The van der Waals surface area contributed by atoms with Crippen LogP contribution < -0.4 is 15.4 Å². The predicted molar refractivity (Wildman–Crippen MR) is 115 cm³/mol. The number of fused-ring (bicyclic) bond motifs is 1. The molecule has 0 aliphatic carbocycles. The van der Waals surface area contributed by atoms with E-state index in [0.717, 1.165) is 5.01 Å². The van der Waals surface area contributed by atoms with Crippen LogP contribution in [0.25, 0.3) is 0 Å². The van der Waals surface area contributed by atoms with Crippen LogP contribution >= 0.6 is 11.3 Å². The van der Waals surface area contributed by atoms with E-state index in [-0.39, 0.29) is 42.6 Å². The average Bonchev–Trinajstić information content (AvgIpc) is 3.13. The number of benzene rings is 1. The fourth-order valence-corrected chi connectivity index (χ4v) is 4.41. The van der Waals surface area contributed by atoms with Gasteiger partial charge in [-0.05, 0) is 12.1 Å². The van der Waals surface area contributed by atoms with Gasteiger partial charge in [-0.2, -0.15) is 0 Å². The molecule has 2 aliphatic heterocycles. The van der Waals surface area contributed by atoms with Gasteiger partial charge < -0.3 is 15.0 Å². The number of nitrogens with zero attached hydrogens (tertiary/aromatic N) is 3. The Morgan fingerprint density at radius 2 is 2.03 bits per heavy atom. The van der Waals surface area contributed by atoms with Crippen LogP contribution in [0.1, 0.15) is 55.4 Å². The van der Waals surface area contributed by atoms with E-state index in [4.69, 9.17) is 4.74 Å². The van der Waals surface area contributed by atoms with Gasteiger partial charge in [0.2, 0.25) is 16.9 Å². The lowest BCUT2D eigenvalue weighted by Crippen LogP contribution is -2.56. The lowest BCUT2D eigenvalue weighted by Gasteiger charge is -2.38. The Labute approximate surface area is 184 Å². The Balaban J connectivity index is 1.40. The summed E-state index contributed by atoms with van der Waals surface area (Å²) < 4.78 is 6.11. The van der Waals surface area contributed by atoms with Gasteiger partial charge in [0, 0.05) is 31.2 Å². The van der Waals surface area contributed by atoms with E-state index in [1.165, 1.54) is 16.2 Å². The average molecular weight is 444 g/mol. The molecule has 1 fully saturated rings. The van der Waals surface area contributed by atoms with Crippen molar-refractivity contribution in [2.75, 3.05) is 18.4 Å². The highest BCUT2D eigenvalue weighted by Gasteiger charge is 2.42. The van der Waals surface area contributed by atoms with E-state index in [0.29, 0.717) is 29.3 Å². The molecule has 0 saturated carbocycles. The summed E-state index contributed by atoms with van der Waals surface area (Å²) in [4.78, 5) is 39.2. The minimum Gasteiger partial charge on any atom is -0.467 e. The molecule has 4 rings (SSSR count). The van der Waals surface area contributed by atoms with Gasteiger partial charge >= 0.3 is 0 Å². The maximum absolute atomic E-state index is 12.6. The molecule has 3 amide bonds. The number of aromatic nitrogens is 2. The molecular formula is C21H25N5O4S. The quantitative estimate of drug-likeness (QED) is 0.753. The highest BCUT2D eigenvalue weighted by molar-refractivity contribution is 7.15. The van der Waals surface area contributed by atoms with Crippen LogP contribution in [-0.4, -0.2) is 51.6 Å². The van der Waals surface area contributed by atoms with Crippen molar-refractivity contribution < 1.29 is 19.1 Å².